The van der Waals surface area contributed by atoms with Crippen LogP contribution in [0, 0.1) is 12.7 Å². The predicted octanol–water partition coefficient (Wildman–Crippen LogP) is 2.50. The van der Waals surface area contributed by atoms with Gasteiger partial charge >= 0.3 is 0 Å². The Morgan fingerprint density at radius 3 is 2.54 bits per heavy atom. The second-order valence-electron chi connectivity index (χ2n) is 7.04. The number of ketones is 1. The molecule has 2 aliphatic heterocycles. The molecule has 0 atom stereocenters. The first-order valence-corrected chi connectivity index (χ1v) is 9.22. The summed E-state index contributed by atoms with van der Waals surface area (Å²) in [5, 5.41) is 0. The van der Waals surface area contributed by atoms with Crippen LogP contribution in [-0.4, -0.2) is 61.0 Å². The highest BCUT2D eigenvalue weighted by Crippen LogP contribution is 2.32. The Hall–Kier alpha value is -2.93. The normalized spacial score (nSPS) is 16.3. The minimum atomic E-state index is -0.493. The third-order valence-corrected chi connectivity index (χ3v) is 5.07. The number of ether oxygens (including phenoxy) is 2. The number of rotatable bonds is 4. The van der Waals surface area contributed by atoms with Crippen molar-refractivity contribution >= 4 is 11.7 Å². The molecule has 7 heteroatoms. The SMILES string of the molecule is Cc1ccc(F)c(C(=O)CN2CCN(C(=O)c3ccc4c(c3)OCO4)CC2)c1. The summed E-state index contributed by atoms with van der Waals surface area (Å²) in [7, 11) is 0. The van der Waals surface area contributed by atoms with E-state index in [0.717, 1.165) is 5.56 Å². The highest BCUT2D eigenvalue weighted by Gasteiger charge is 2.25. The van der Waals surface area contributed by atoms with Crippen LogP contribution in [0.3, 0.4) is 0 Å². The molecule has 146 valence electrons. The second kappa shape index (κ2) is 7.59. The molecule has 6 nitrogen and oxygen atoms in total. The lowest BCUT2D eigenvalue weighted by Crippen LogP contribution is -2.50. The fourth-order valence-electron chi connectivity index (χ4n) is 3.46. The van der Waals surface area contributed by atoms with Crippen molar-refractivity contribution in [2.45, 2.75) is 6.92 Å². The van der Waals surface area contributed by atoms with Crippen LogP contribution in [0.15, 0.2) is 36.4 Å². The number of hydrogen-bond donors (Lipinski definition) is 0. The number of carbonyl (C=O) groups is 2. The molecule has 1 amide bonds. The molecular formula is C21H21FN2O4. The van der Waals surface area contributed by atoms with Crippen molar-refractivity contribution in [3.05, 3.63) is 58.9 Å². The van der Waals surface area contributed by atoms with E-state index in [2.05, 4.69) is 0 Å². The highest BCUT2D eigenvalue weighted by atomic mass is 19.1. The maximum atomic E-state index is 13.9. The quantitative estimate of drug-likeness (QED) is 0.758. The van der Waals surface area contributed by atoms with Crippen molar-refractivity contribution in [1.29, 1.82) is 0 Å². The van der Waals surface area contributed by atoms with E-state index in [-0.39, 0.29) is 30.6 Å². The van der Waals surface area contributed by atoms with Gasteiger partial charge in [-0.3, -0.25) is 14.5 Å². The Morgan fingerprint density at radius 1 is 1.00 bits per heavy atom. The van der Waals surface area contributed by atoms with Gasteiger partial charge < -0.3 is 14.4 Å². The van der Waals surface area contributed by atoms with Crippen LogP contribution in [-0.2, 0) is 0 Å². The first kappa shape index (κ1) is 18.4. The van der Waals surface area contributed by atoms with E-state index >= 15 is 0 Å². The van der Waals surface area contributed by atoms with E-state index in [1.165, 1.54) is 6.07 Å². The largest absolute Gasteiger partial charge is 0.454 e. The van der Waals surface area contributed by atoms with Crippen molar-refractivity contribution in [1.82, 2.24) is 9.80 Å². The molecule has 0 saturated carbocycles. The number of carbonyl (C=O) groups excluding carboxylic acids is 2. The molecule has 2 aromatic rings. The van der Waals surface area contributed by atoms with Gasteiger partial charge in [0.1, 0.15) is 5.82 Å². The summed E-state index contributed by atoms with van der Waals surface area (Å²) < 4.78 is 24.5. The number of halogens is 1. The Labute approximate surface area is 162 Å². The van der Waals surface area contributed by atoms with Gasteiger partial charge in [0, 0.05) is 31.7 Å². The zero-order valence-corrected chi connectivity index (χ0v) is 15.6. The number of piperazine rings is 1. The summed E-state index contributed by atoms with van der Waals surface area (Å²) in [6, 6.07) is 9.71. The third kappa shape index (κ3) is 3.71. The average Bonchev–Trinajstić information content (AvgIpc) is 3.17. The molecule has 28 heavy (non-hydrogen) atoms. The topological polar surface area (TPSA) is 59.1 Å². The summed E-state index contributed by atoms with van der Waals surface area (Å²) in [6.07, 6.45) is 0. The van der Waals surface area contributed by atoms with Crippen LogP contribution in [0.4, 0.5) is 4.39 Å². The van der Waals surface area contributed by atoms with Gasteiger partial charge in [0.05, 0.1) is 12.1 Å². The van der Waals surface area contributed by atoms with Gasteiger partial charge in [-0.1, -0.05) is 11.6 Å². The minimum absolute atomic E-state index is 0.0750. The molecule has 0 radical (unpaired) electrons. The van der Waals surface area contributed by atoms with E-state index in [4.69, 9.17) is 9.47 Å². The monoisotopic (exact) mass is 384 g/mol. The zero-order chi connectivity index (χ0) is 19.7. The number of nitrogens with zero attached hydrogens (tertiary/aromatic N) is 2. The fourth-order valence-corrected chi connectivity index (χ4v) is 3.46. The average molecular weight is 384 g/mol. The first-order valence-electron chi connectivity index (χ1n) is 9.22. The minimum Gasteiger partial charge on any atom is -0.454 e. The highest BCUT2D eigenvalue weighted by molar-refractivity contribution is 5.98. The second-order valence-corrected chi connectivity index (χ2v) is 7.04. The molecule has 0 spiro atoms. The molecule has 0 unspecified atom stereocenters. The lowest BCUT2D eigenvalue weighted by Gasteiger charge is -2.34. The number of benzene rings is 2. The van der Waals surface area contributed by atoms with Crippen LogP contribution >= 0.6 is 0 Å². The first-order chi connectivity index (χ1) is 13.5. The van der Waals surface area contributed by atoms with Crippen molar-refractivity contribution in [3.63, 3.8) is 0 Å². The van der Waals surface area contributed by atoms with Crippen molar-refractivity contribution in [2.24, 2.45) is 0 Å². The van der Waals surface area contributed by atoms with E-state index in [1.54, 1.807) is 35.2 Å². The lowest BCUT2D eigenvalue weighted by molar-refractivity contribution is 0.0623. The molecule has 4 rings (SSSR count). The molecule has 0 N–H and O–H groups in total. The number of hydrogen-bond acceptors (Lipinski definition) is 5. The van der Waals surface area contributed by atoms with Crippen LogP contribution in [0.25, 0.3) is 0 Å². The fraction of sp³-hybridized carbons (Fsp3) is 0.333. The summed E-state index contributed by atoms with van der Waals surface area (Å²) in [5.41, 5.74) is 1.53. The summed E-state index contributed by atoms with van der Waals surface area (Å²) in [6.45, 7) is 4.29. The van der Waals surface area contributed by atoms with Gasteiger partial charge in [-0.15, -0.1) is 0 Å². The standard InChI is InChI=1S/C21H21FN2O4/c1-14-2-4-17(22)16(10-14)18(25)12-23-6-8-24(9-7-23)21(26)15-3-5-19-20(11-15)28-13-27-19/h2-5,10-11H,6-9,12-13H2,1H3. The number of aryl methyl sites for hydroxylation is 1. The van der Waals surface area contributed by atoms with Crippen LogP contribution in [0.1, 0.15) is 26.3 Å². The maximum absolute atomic E-state index is 13.9. The number of fused-ring (bicyclic) bond motifs is 1. The van der Waals surface area contributed by atoms with Gasteiger partial charge in [-0.2, -0.15) is 0 Å². The van der Waals surface area contributed by atoms with Gasteiger partial charge in [-0.05, 0) is 37.3 Å². The third-order valence-electron chi connectivity index (χ3n) is 5.07. The Kier molecular flexibility index (Phi) is 5.00. The maximum Gasteiger partial charge on any atom is 0.254 e. The molecule has 2 aromatic carbocycles. The van der Waals surface area contributed by atoms with E-state index < -0.39 is 5.82 Å². The molecule has 1 saturated heterocycles. The van der Waals surface area contributed by atoms with E-state index in [1.807, 2.05) is 11.8 Å². The Balaban J connectivity index is 1.35. The molecule has 0 aliphatic carbocycles. The Morgan fingerprint density at radius 2 is 1.75 bits per heavy atom. The molecule has 2 heterocycles. The zero-order valence-electron chi connectivity index (χ0n) is 15.6. The molecule has 0 aromatic heterocycles. The van der Waals surface area contributed by atoms with Crippen LogP contribution in [0.5, 0.6) is 11.5 Å². The molecule has 2 aliphatic rings. The van der Waals surface area contributed by atoms with E-state index in [9.17, 15) is 14.0 Å². The van der Waals surface area contributed by atoms with Crippen molar-refractivity contribution in [3.8, 4) is 11.5 Å². The number of amides is 1. The van der Waals surface area contributed by atoms with E-state index in [0.29, 0.717) is 43.2 Å². The van der Waals surface area contributed by atoms with Crippen molar-refractivity contribution < 1.29 is 23.5 Å². The summed E-state index contributed by atoms with van der Waals surface area (Å²) in [4.78, 5) is 28.9. The molecule has 1 fully saturated rings. The Bertz CT molecular complexity index is 923. The van der Waals surface area contributed by atoms with Crippen LogP contribution < -0.4 is 9.47 Å². The van der Waals surface area contributed by atoms with Gasteiger partial charge in [0.25, 0.3) is 5.91 Å². The summed E-state index contributed by atoms with van der Waals surface area (Å²) in [5.74, 6) is 0.413. The predicted molar refractivity (Wildman–Crippen MR) is 100 cm³/mol. The van der Waals surface area contributed by atoms with Crippen molar-refractivity contribution in [2.75, 3.05) is 39.5 Å². The molecular weight excluding hydrogens is 363 g/mol. The van der Waals surface area contributed by atoms with Gasteiger partial charge in [0.15, 0.2) is 17.3 Å². The van der Waals surface area contributed by atoms with Crippen LogP contribution in [0.2, 0.25) is 0 Å². The van der Waals surface area contributed by atoms with Gasteiger partial charge in [0.2, 0.25) is 6.79 Å². The molecule has 0 bridgehead atoms. The smallest absolute Gasteiger partial charge is 0.254 e. The summed E-state index contributed by atoms with van der Waals surface area (Å²) >= 11 is 0. The number of Topliss-reactive ketones (excluding diaryl/α,β-unsaturated/α-hetero) is 1. The lowest BCUT2D eigenvalue weighted by atomic mass is 10.1. The van der Waals surface area contributed by atoms with Gasteiger partial charge in [-0.25, -0.2) is 4.39 Å².